The number of benzene rings is 2. The molecule has 2 heteroatoms. The van der Waals surface area contributed by atoms with Crippen LogP contribution in [0.2, 0.25) is 0 Å². The van der Waals surface area contributed by atoms with E-state index in [2.05, 4.69) is 44.8 Å². The van der Waals surface area contributed by atoms with Gasteiger partial charge in [0.05, 0.1) is 5.69 Å². The van der Waals surface area contributed by atoms with Gasteiger partial charge in [-0.05, 0) is 35.6 Å². The Bertz CT molecular complexity index is 736. The number of hydrogen-bond acceptors (Lipinski definition) is 2. The van der Waals surface area contributed by atoms with Crippen molar-refractivity contribution in [3.05, 3.63) is 72.5 Å². The highest BCUT2D eigenvalue weighted by molar-refractivity contribution is 5.79. The van der Waals surface area contributed by atoms with Crippen molar-refractivity contribution >= 4 is 5.69 Å². The molecule has 2 rings (SSSR count). The van der Waals surface area contributed by atoms with Gasteiger partial charge in [-0.2, -0.15) is 0 Å². The van der Waals surface area contributed by atoms with E-state index in [1.165, 1.54) is 5.56 Å². The Balaban J connectivity index is 2.47. The summed E-state index contributed by atoms with van der Waals surface area (Å²) in [5, 5.41) is 13.8. The molecule has 0 saturated heterocycles. The summed E-state index contributed by atoms with van der Waals surface area (Å²) in [7, 11) is 0. The molecule has 0 fully saturated rings. The zero-order chi connectivity index (χ0) is 17.0. The number of allylic oxidation sites excluding steroid dienone is 2. The SMILES string of the molecule is C=C/C(=C\C)Nc1cccc(-c2cccc(C(C)(C)C)c2)c1O. The highest BCUT2D eigenvalue weighted by Gasteiger charge is 2.15. The summed E-state index contributed by atoms with van der Waals surface area (Å²) in [5.41, 5.74) is 4.69. The van der Waals surface area contributed by atoms with Crippen molar-refractivity contribution in [1.82, 2.24) is 0 Å². The van der Waals surface area contributed by atoms with E-state index < -0.39 is 0 Å². The van der Waals surface area contributed by atoms with Crippen LogP contribution in [0.15, 0.2) is 66.9 Å². The Labute approximate surface area is 139 Å². The number of nitrogens with one attached hydrogen (secondary N) is 1. The van der Waals surface area contributed by atoms with E-state index in [-0.39, 0.29) is 11.2 Å². The van der Waals surface area contributed by atoms with Crippen LogP contribution >= 0.6 is 0 Å². The molecule has 0 radical (unpaired) electrons. The van der Waals surface area contributed by atoms with E-state index in [1.54, 1.807) is 6.08 Å². The summed E-state index contributed by atoms with van der Waals surface area (Å²) in [6.07, 6.45) is 3.64. The summed E-state index contributed by atoms with van der Waals surface area (Å²) in [6, 6.07) is 14.1. The molecule has 0 aromatic heterocycles. The number of hydrogen-bond donors (Lipinski definition) is 2. The number of anilines is 1. The average Bonchev–Trinajstić information content (AvgIpc) is 2.53. The van der Waals surface area contributed by atoms with Crippen molar-refractivity contribution in [1.29, 1.82) is 0 Å². The molecule has 2 N–H and O–H groups in total. The number of phenols is 1. The van der Waals surface area contributed by atoms with Gasteiger partial charge in [-0.25, -0.2) is 0 Å². The fourth-order valence-electron chi connectivity index (χ4n) is 2.43. The molecule has 0 aliphatic rings. The first-order valence-electron chi connectivity index (χ1n) is 7.85. The minimum atomic E-state index is 0.0719. The summed E-state index contributed by atoms with van der Waals surface area (Å²) in [5.74, 6) is 0.250. The second kappa shape index (κ2) is 6.74. The number of rotatable bonds is 4. The van der Waals surface area contributed by atoms with Crippen LogP contribution in [0.1, 0.15) is 33.3 Å². The van der Waals surface area contributed by atoms with Crippen LogP contribution in [0.25, 0.3) is 11.1 Å². The topological polar surface area (TPSA) is 32.3 Å². The Morgan fingerprint density at radius 2 is 1.83 bits per heavy atom. The van der Waals surface area contributed by atoms with Crippen molar-refractivity contribution < 1.29 is 5.11 Å². The predicted octanol–water partition coefficient (Wildman–Crippen LogP) is 5.86. The zero-order valence-electron chi connectivity index (χ0n) is 14.4. The molecule has 2 nitrogen and oxygen atoms in total. The van der Waals surface area contributed by atoms with E-state index in [0.29, 0.717) is 5.69 Å². The fraction of sp³-hybridized carbons (Fsp3) is 0.238. The lowest BCUT2D eigenvalue weighted by Crippen LogP contribution is -2.10. The first-order chi connectivity index (χ1) is 10.9. The summed E-state index contributed by atoms with van der Waals surface area (Å²) in [4.78, 5) is 0. The van der Waals surface area contributed by atoms with Gasteiger partial charge in [0.1, 0.15) is 5.75 Å². The zero-order valence-corrected chi connectivity index (χ0v) is 14.4. The van der Waals surface area contributed by atoms with E-state index in [9.17, 15) is 5.11 Å². The molecule has 2 aromatic rings. The van der Waals surface area contributed by atoms with Gasteiger partial charge >= 0.3 is 0 Å². The van der Waals surface area contributed by atoms with Crippen LogP contribution in [-0.2, 0) is 5.41 Å². The molecule has 120 valence electrons. The van der Waals surface area contributed by atoms with Crippen LogP contribution in [0.5, 0.6) is 5.75 Å². The van der Waals surface area contributed by atoms with E-state index in [4.69, 9.17) is 0 Å². The van der Waals surface area contributed by atoms with Crippen LogP contribution < -0.4 is 5.32 Å². The molecule has 0 heterocycles. The van der Waals surface area contributed by atoms with Crippen LogP contribution in [0.4, 0.5) is 5.69 Å². The van der Waals surface area contributed by atoms with Gasteiger partial charge in [0.15, 0.2) is 0 Å². The maximum absolute atomic E-state index is 10.7. The normalized spacial score (nSPS) is 12.1. The lowest BCUT2D eigenvalue weighted by molar-refractivity contribution is 0.479. The molecule has 0 aliphatic heterocycles. The first-order valence-corrected chi connectivity index (χ1v) is 7.85. The number of aromatic hydroxyl groups is 1. The van der Waals surface area contributed by atoms with E-state index in [0.717, 1.165) is 16.8 Å². The molecule has 0 atom stereocenters. The quantitative estimate of drug-likeness (QED) is 0.548. The largest absolute Gasteiger partial charge is 0.505 e. The molecule has 0 unspecified atom stereocenters. The molecule has 0 saturated carbocycles. The molecule has 0 aliphatic carbocycles. The molecular weight excluding hydrogens is 282 g/mol. The predicted molar refractivity (Wildman–Crippen MR) is 99.8 cm³/mol. The van der Waals surface area contributed by atoms with Gasteiger partial charge in [0.2, 0.25) is 0 Å². The average molecular weight is 307 g/mol. The van der Waals surface area contributed by atoms with Crippen molar-refractivity contribution in [2.45, 2.75) is 33.1 Å². The maximum atomic E-state index is 10.7. The molecular formula is C21H25NO. The van der Waals surface area contributed by atoms with Gasteiger partial charge in [0.25, 0.3) is 0 Å². The third-order valence-electron chi connectivity index (χ3n) is 3.89. The number of para-hydroxylation sites is 1. The molecule has 0 spiro atoms. The van der Waals surface area contributed by atoms with Crippen molar-refractivity contribution in [3.8, 4) is 16.9 Å². The minimum absolute atomic E-state index is 0.0719. The van der Waals surface area contributed by atoms with Gasteiger partial charge in [-0.15, -0.1) is 0 Å². The standard InChI is InChI=1S/C21H25NO/c1-6-17(7-2)22-19-13-9-12-18(20(19)23)15-10-8-11-16(14-15)21(3,4)5/h6-14,22-23H,1H2,2-5H3/b17-7+. The molecule has 2 aromatic carbocycles. The summed E-state index contributed by atoms with van der Waals surface area (Å²) < 4.78 is 0. The van der Waals surface area contributed by atoms with Gasteiger partial charge < -0.3 is 10.4 Å². The lowest BCUT2D eigenvalue weighted by Gasteiger charge is -2.20. The highest BCUT2D eigenvalue weighted by Crippen LogP contribution is 2.37. The Morgan fingerprint density at radius 3 is 2.43 bits per heavy atom. The third-order valence-corrected chi connectivity index (χ3v) is 3.89. The lowest BCUT2D eigenvalue weighted by atomic mass is 9.85. The monoisotopic (exact) mass is 307 g/mol. The maximum Gasteiger partial charge on any atom is 0.146 e. The summed E-state index contributed by atoms with van der Waals surface area (Å²) >= 11 is 0. The van der Waals surface area contributed by atoms with Crippen LogP contribution in [0, 0.1) is 0 Å². The fourth-order valence-corrected chi connectivity index (χ4v) is 2.43. The second-order valence-electron chi connectivity index (χ2n) is 6.61. The van der Waals surface area contributed by atoms with Crippen molar-refractivity contribution in [2.24, 2.45) is 0 Å². The first kappa shape index (κ1) is 16.9. The van der Waals surface area contributed by atoms with E-state index >= 15 is 0 Å². The molecule has 23 heavy (non-hydrogen) atoms. The Morgan fingerprint density at radius 1 is 1.13 bits per heavy atom. The van der Waals surface area contributed by atoms with Gasteiger partial charge in [-0.3, -0.25) is 0 Å². The van der Waals surface area contributed by atoms with Crippen LogP contribution in [-0.4, -0.2) is 5.11 Å². The smallest absolute Gasteiger partial charge is 0.146 e. The van der Waals surface area contributed by atoms with Crippen LogP contribution in [0.3, 0.4) is 0 Å². The van der Waals surface area contributed by atoms with Crippen molar-refractivity contribution in [2.75, 3.05) is 5.32 Å². The second-order valence-corrected chi connectivity index (χ2v) is 6.61. The molecule has 0 amide bonds. The highest BCUT2D eigenvalue weighted by atomic mass is 16.3. The number of phenolic OH excluding ortho intramolecular Hbond substituents is 1. The third kappa shape index (κ3) is 3.84. The van der Waals surface area contributed by atoms with E-state index in [1.807, 2.05) is 43.3 Å². The minimum Gasteiger partial charge on any atom is -0.505 e. The van der Waals surface area contributed by atoms with Gasteiger partial charge in [0, 0.05) is 11.3 Å². The van der Waals surface area contributed by atoms with Crippen molar-refractivity contribution in [3.63, 3.8) is 0 Å². The van der Waals surface area contributed by atoms with Gasteiger partial charge in [-0.1, -0.05) is 69.8 Å². The Hall–Kier alpha value is -2.48. The summed E-state index contributed by atoms with van der Waals surface area (Å²) in [6.45, 7) is 12.3. The molecule has 0 bridgehead atoms. The Kier molecular flexibility index (Phi) is 4.95.